The fraction of sp³-hybridized carbons (Fsp3) is 0.797. The first-order valence-corrected chi connectivity index (χ1v) is 33.2. The summed E-state index contributed by atoms with van der Waals surface area (Å²) in [4.78, 5) is 77.0. The van der Waals surface area contributed by atoms with Crippen molar-refractivity contribution in [2.75, 3.05) is 27.4 Å². The van der Waals surface area contributed by atoms with E-state index < -0.39 is 30.3 Å². The molecule has 0 radical (unpaired) electrons. The van der Waals surface area contributed by atoms with Gasteiger partial charge in [0.15, 0.2) is 6.10 Å². The van der Waals surface area contributed by atoms with Gasteiger partial charge < -0.3 is 37.9 Å². The van der Waals surface area contributed by atoms with Gasteiger partial charge in [0, 0.05) is 37.3 Å². The van der Waals surface area contributed by atoms with Crippen molar-refractivity contribution in [3.8, 4) is 11.5 Å². The van der Waals surface area contributed by atoms with Crippen molar-refractivity contribution in [1.29, 1.82) is 0 Å². The number of carbonyl (C=O) groups is 6. The molecule has 2 rings (SSSR count). The molecule has 3 unspecified atom stereocenters. The van der Waals surface area contributed by atoms with Crippen molar-refractivity contribution in [3.05, 3.63) is 33.9 Å². The minimum absolute atomic E-state index is 0.0850. The number of fused-ring (bicyclic) bond motifs is 1. The molecule has 1 aromatic carbocycles. The van der Waals surface area contributed by atoms with E-state index in [9.17, 15) is 28.8 Å². The lowest BCUT2D eigenvalue weighted by atomic mass is 9.94. The van der Waals surface area contributed by atoms with Crippen LogP contribution in [0.3, 0.4) is 0 Å². The Hall–Kier alpha value is -4.62. The summed E-state index contributed by atoms with van der Waals surface area (Å²) in [6.45, 7) is 13.4. The molecule has 1 heterocycles. The van der Waals surface area contributed by atoms with E-state index in [0.29, 0.717) is 61.0 Å². The van der Waals surface area contributed by atoms with Crippen LogP contribution < -0.4 is 9.47 Å². The number of allylic oxidation sites excluding steroid dienone is 2. The van der Waals surface area contributed by atoms with Crippen molar-refractivity contribution in [1.82, 2.24) is 0 Å². The van der Waals surface area contributed by atoms with Crippen molar-refractivity contribution in [3.63, 3.8) is 0 Å². The highest BCUT2D eigenvalue weighted by Crippen LogP contribution is 2.43. The van der Waals surface area contributed by atoms with Crippen LogP contribution in [0.4, 0.5) is 0 Å². The van der Waals surface area contributed by atoms with Crippen LogP contribution in [0.15, 0.2) is 11.6 Å². The minimum atomic E-state index is -1.01. The molecule has 0 bridgehead atoms. The maximum Gasteiger partial charge on any atom is 0.342 e. The van der Waals surface area contributed by atoms with Crippen LogP contribution in [0.5, 0.6) is 11.5 Å². The molecule has 476 valence electrons. The number of ether oxygens (including phenoxy) is 8. The molecule has 0 saturated carbocycles. The van der Waals surface area contributed by atoms with Gasteiger partial charge in [-0.25, -0.2) is 4.79 Å². The Labute approximate surface area is 503 Å². The summed E-state index contributed by atoms with van der Waals surface area (Å²) >= 11 is 0. The van der Waals surface area contributed by atoms with Gasteiger partial charge in [-0.1, -0.05) is 232 Å². The molecular weight excluding hydrogens is 1050 g/mol. The van der Waals surface area contributed by atoms with E-state index in [1.54, 1.807) is 14.0 Å². The van der Waals surface area contributed by atoms with Gasteiger partial charge in [-0.3, -0.25) is 24.0 Å². The van der Waals surface area contributed by atoms with Gasteiger partial charge >= 0.3 is 35.8 Å². The molecule has 83 heavy (non-hydrogen) atoms. The number of carbonyl (C=O) groups excluding carboxylic acids is 6. The Bertz CT molecular complexity index is 1950. The standard InChI is InChI=1S/C69H116O14/c1-10-12-14-16-18-20-22-24-26-28-30-36-40-44-62(71)78-50-58(51-79-63(72)45-41-37-31-29-27-25-23-21-19-17-15-13-11-2)83-68(74)55(5)43-39-35-33-32-34-38-42-54(4)67(73)82-57(7)81-66-59(48-46-53(3)47-49-61(70)76-8)65(77-9)56(6)60-52-80-69(75)64(60)66/h46,54-55,57-58H,10-45,47-52H2,1-9H3/b53-46+. The number of esters is 6. The Morgan fingerprint density at radius 2 is 0.928 bits per heavy atom. The SMILES string of the molecule is CCCCCCCCCCCCCCCC(=O)OCC(COC(=O)CCCCCCCCCCCCCCC)OC(=O)C(C)CCCCCCCCC(C)C(=O)OC(C)Oc1c(C/C=C(\C)CCC(=O)OC)c(OC)c(C)c2c1C(=O)OC2. The summed E-state index contributed by atoms with van der Waals surface area (Å²) in [6, 6.07) is 0. The van der Waals surface area contributed by atoms with Gasteiger partial charge in [-0.2, -0.15) is 0 Å². The summed E-state index contributed by atoms with van der Waals surface area (Å²) in [7, 11) is 2.92. The van der Waals surface area contributed by atoms with E-state index in [1.165, 1.54) is 136 Å². The quantitative estimate of drug-likeness (QED) is 0.0198. The molecule has 3 atom stereocenters. The zero-order valence-corrected chi connectivity index (χ0v) is 53.8. The first kappa shape index (κ1) is 74.5. The van der Waals surface area contributed by atoms with E-state index in [-0.39, 0.29) is 61.7 Å². The van der Waals surface area contributed by atoms with Crippen LogP contribution in [0.1, 0.15) is 313 Å². The number of cyclic esters (lactones) is 1. The second kappa shape index (κ2) is 47.6. The molecule has 0 spiro atoms. The Morgan fingerprint density at radius 3 is 1.35 bits per heavy atom. The third kappa shape index (κ3) is 34.2. The molecule has 0 aliphatic carbocycles. The smallest absolute Gasteiger partial charge is 0.342 e. The number of methoxy groups -OCH3 is 2. The maximum absolute atomic E-state index is 13.4. The Morgan fingerprint density at radius 1 is 0.518 bits per heavy atom. The van der Waals surface area contributed by atoms with Crippen molar-refractivity contribution >= 4 is 35.8 Å². The van der Waals surface area contributed by atoms with Crippen molar-refractivity contribution < 1.29 is 66.7 Å². The highest BCUT2D eigenvalue weighted by atomic mass is 16.7. The number of unbranched alkanes of at least 4 members (excludes halogenated alkanes) is 29. The fourth-order valence-electron chi connectivity index (χ4n) is 10.7. The summed E-state index contributed by atoms with van der Waals surface area (Å²) in [5.41, 5.74) is 3.31. The zero-order valence-electron chi connectivity index (χ0n) is 53.8. The lowest BCUT2D eigenvalue weighted by molar-refractivity contribution is -0.169. The van der Waals surface area contributed by atoms with E-state index >= 15 is 0 Å². The third-order valence-corrected chi connectivity index (χ3v) is 16.2. The van der Waals surface area contributed by atoms with Crippen molar-refractivity contribution in [2.24, 2.45) is 11.8 Å². The second-order valence-electron chi connectivity index (χ2n) is 23.8. The molecular formula is C69H116O14. The van der Waals surface area contributed by atoms with Crippen LogP contribution in [0.2, 0.25) is 0 Å². The van der Waals surface area contributed by atoms with E-state index in [4.69, 9.17) is 37.9 Å². The molecule has 1 aliphatic heterocycles. The van der Waals surface area contributed by atoms with Gasteiger partial charge in [-0.05, 0) is 57.9 Å². The van der Waals surface area contributed by atoms with Gasteiger partial charge in [0.25, 0.3) is 0 Å². The monoisotopic (exact) mass is 1170 g/mol. The van der Waals surface area contributed by atoms with Gasteiger partial charge in [-0.15, -0.1) is 0 Å². The van der Waals surface area contributed by atoms with E-state index in [2.05, 4.69) is 13.8 Å². The minimum Gasteiger partial charge on any atom is -0.496 e. The van der Waals surface area contributed by atoms with Crippen LogP contribution in [0, 0.1) is 18.8 Å². The summed E-state index contributed by atoms with van der Waals surface area (Å²) in [6.07, 6.45) is 40.4. The van der Waals surface area contributed by atoms with Gasteiger partial charge in [0.1, 0.15) is 36.9 Å². The summed E-state index contributed by atoms with van der Waals surface area (Å²) in [5, 5.41) is 0. The van der Waals surface area contributed by atoms with Crippen molar-refractivity contribution in [2.45, 2.75) is 318 Å². The molecule has 14 nitrogen and oxygen atoms in total. The predicted molar refractivity (Wildman–Crippen MR) is 329 cm³/mol. The van der Waals surface area contributed by atoms with Crippen LogP contribution >= 0.6 is 0 Å². The lowest BCUT2D eigenvalue weighted by Crippen LogP contribution is -2.32. The highest BCUT2D eigenvalue weighted by molar-refractivity contribution is 5.98. The largest absolute Gasteiger partial charge is 0.496 e. The average molecular weight is 1170 g/mol. The molecule has 1 aliphatic rings. The first-order chi connectivity index (χ1) is 40.2. The van der Waals surface area contributed by atoms with E-state index in [1.807, 2.05) is 33.8 Å². The van der Waals surface area contributed by atoms with E-state index in [0.717, 1.165) is 88.2 Å². The topological polar surface area (TPSA) is 176 Å². The molecule has 0 N–H and O–H groups in total. The average Bonchev–Trinajstić information content (AvgIpc) is 2.47. The fourth-order valence-corrected chi connectivity index (χ4v) is 10.7. The van der Waals surface area contributed by atoms with Gasteiger partial charge in [0.05, 0.1) is 26.1 Å². The number of rotatable bonds is 53. The normalized spacial score (nSPS) is 13.3. The second-order valence-corrected chi connectivity index (χ2v) is 23.8. The first-order valence-electron chi connectivity index (χ1n) is 33.2. The summed E-state index contributed by atoms with van der Waals surface area (Å²) < 4.78 is 45.2. The lowest BCUT2D eigenvalue weighted by Gasteiger charge is -2.23. The maximum atomic E-state index is 13.4. The zero-order chi connectivity index (χ0) is 60.9. The molecule has 0 saturated heterocycles. The number of hydrogen-bond donors (Lipinski definition) is 0. The summed E-state index contributed by atoms with van der Waals surface area (Å²) in [5.74, 6) is -2.20. The van der Waals surface area contributed by atoms with Crippen LogP contribution in [-0.2, 0) is 65.4 Å². The molecule has 14 heteroatoms. The third-order valence-electron chi connectivity index (χ3n) is 16.2. The van der Waals surface area contributed by atoms with Gasteiger partial charge in [0.2, 0.25) is 6.29 Å². The molecule has 1 aromatic rings. The molecule has 0 fully saturated rings. The van der Waals surface area contributed by atoms with Crippen LogP contribution in [-0.4, -0.2) is 75.6 Å². The molecule has 0 amide bonds. The Balaban J connectivity index is 1.79. The number of hydrogen-bond acceptors (Lipinski definition) is 14. The highest BCUT2D eigenvalue weighted by Gasteiger charge is 2.34. The Kier molecular flexibility index (Phi) is 42.7. The predicted octanol–water partition coefficient (Wildman–Crippen LogP) is 17.7. The molecule has 0 aromatic heterocycles. The van der Waals surface area contributed by atoms with Crippen LogP contribution in [0.25, 0.3) is 0 Å². The number of benzene rings is 1.